The number of aromatic amines is 2. The molecule has 0 saturated carbocycles. The second-order valence-corrected chi connectivity index (χ2v) is 6.49. The molecule has 3 heteroatoms. The first-order valence-corrected chi connectivity index (χ1v) is 8.18. The van der Waals surface area contributed by atoms with Crippen molar-refractivity contribution in [3.63, 3.8) is 0 Å². The number of likely N-dealkylation sites (N-methyl/N-ethyl adjacent to an activating group) is 1. The van der Waals surface area contributed by atoms with Crippen LogP contribution in [-0.2, 0) is 6.42 Å². The SMILES string of the molecule is CN1CCc2c([nH]c3ccccc23)C1c1c[nH]c2ccccc12. The van der Waals surface area contributed by atoms with Gasteiger partial charge in [-0.25, -0.2) is 0 Å². The van der Waals surface area contributed by atoms with Crippen LogP contribution in [0.25, 0.3) is 21.8 Å². The lowest BCUT2D eigenvalue weighted by atomic mass is 9.92. The fourth-order valence-corrected chi connectivity index (χ4v) is 4.07. The van der Waals surface area contributed by atoms with Gasteiger partial charge in [-0.3, -0.25) is 4.90 Å². The Kier molecular flexibility index (Phi) is 2.67. The van der Waals surface area contributed by atoms with E-state index < -0.39 is 0 Å². The minimum atomic E-state index is 0.280. The van der Waals surface area contributed by atoms with Gasteiger partial charge in [-0.05, 0) is 31.2 Å². The zero-order valence-corrected chi connectivity index (χ0v) is 13.1. The Morgan fingerprint density at radius 1 is 0.957 bits per heavy atom. The van der Waals surface area contributed by atoms with Crippen molar-refractivity contribution < 1.29 is 0 Å². The Bertz CT molecular complexity index is 1010. The molecule has 0 bridgehead atoms. The molecule has 1 aliphatic heterocycles. The highest BCUT2D eigenvalue weighted by Gasteiger charge is 2.30. The second-order valence-electron chi connectivity index (χ2n) is 6.49. The molecule has 3 heterocycles. The average molecular weight is 301 g/mol. The molecule has 1 unspecified atom stereocenters. The third-order valence-corrected chi connectivity index (χ3v) is 5.19. The summed E-state index contributed by atoms with van der Waals surface area (Å²) in [5.74, 6) is 0. The minimum absolute atomic E-state index is 0.280. The van der Waals surface area contributed by atoms with Crippen LogP contribution in [0.5, 0.6) is 0 Å². The van der Waals surface area contributed by atoms with Gasteiger partial charge in [-0.2, -0.15) is 0 Å². The first-order valence-electron chi connectivity index (χ1n) is 8.18. The normalized spacial score (nSPS) is 18.6. The van der Waals surface area contributed by atoms with Crippen molar-refractivity contribution in [2.24, 2.45) is 0 Å². The van der Waals surface area contributed by atoms with Crippen molar-refractivity contribution in [2.75, 3.05) is 13.6 Å². The van der Waals surface area contributed by atoms with E-state index in [-0.39, 0.29) is 6.04 Å². The summed E-state index contributed by atoms with van der Waals surface area (Å²) in [7, 11) is 2.22. The largest absolute Gasteiger partial charge is 0.361 e. The molecule has 5 rings (SSSR count). The van der Waals surface area contributed by atoms with Gasteiger partial charge in [0.1, 0.15) is 0 Å². The van der Waals surface area contributed by atoms with Gasteiger partial charge in [0.05, 0.1) is 6.04 Å². The molecule has 1 atom stereocenters. The first kappa shape index (κ1) is 13.0. The van der Waals surface area contributed by atoms with Crippen LogP contribution in [0, 0.1) is 0 Å². The van der Waals surface area contributed by atoms with E-state index >= 15 is 0 Å². The quantitative estimate of drug-likeness (QED) is 0.542. The summed E-state index contributed by atoms with van der Waals surface area (Å²) >= 11 is 0. The third-order valence-electron chi connectivity index (χ3n) is 5.19. The molecule has 0 amide bonds. The molecular formula is C20H19N3. The standard InChI is InChI=1S/C20H19N3/c1-23-11-10-15-13-6-3-5-9-18(13)22-19(15)20(23)16-12-21-17-8-4-2-7-14(16)17/h2-9,12,20-22H,10-11H2,1H3. The van der Waals surface area contributed by atoms with Gasteiger partial charge in [-0.1, -0.05) is 36.4 Å². The van der Waals surface area contributed by atoms with Crippen LogP contribution < -0.4 is 0 Å². The minimum Gasteiger partial charge on any atom is -0.361 e. The van der Waals surface area contributed by atoms with Gasteiger partial charge in [0.15, 0.2) is 0 Å². The molecule has 2 N–H and O–H groups in total. The number of H-pyrrole nitrogens is 2. The fraction of sp³-hybridized carbons (Fsp3) is 0.200. The Labute approximate surface area is 134 Å². The number of fused-ring (bicyclic) bond motifs is 4. The van der Waals surface area contributed by atoms with E-state index in [1.807, 2.05) is 0 Å². The van der Waals surface area contributed by atoms with E-state index in [0.29, 0.717) is 0 Å². The lowest BCUT2D eigenvalue weighted by Crippen LogP contribution is -2.32. The highest BCUT2D eigenvalue weighted by atomic mass is 15.2. The maximum Gasteiger partial charge on any atom is 0.0775 e. The van der Waals surface area contributed by atoms with Gasteiger partial charge in [0, 0.05) is 45.8 Å². The zero-order chi connectivity index (χ0) is 15.4. The highest BCUT2D eigenvalue weighted by Crippen LogP contribution is 2.39. The molecule has 114 valence electrons. The lowest BCUT2D eigenvalue weighted by Gasteiger charge is -2.32. The molecule has 1 aliphatic rings. The predicted molar refractivity (Wildman–Crippen MR) is 94.8 cm³/mol. The molecule has 23 heavy (non-hydrogen) atoms. The first-order chi connectivity index (χ1) is 11.3. The number of hydrogen-bond acceptors (Lipinski definition) is 1. The van der Waals surface area contributed by atoms with Crippen LogP contribution in [0.4, 0.5) is 0 Å². The maximum atomic E-state index is 3.69. The highest BCUT2D eigenvalue weighted by molar-refractivity contribution is 5.87. The van der Waals surface area contributed by atoms with Gasteiger partial charge >= 0.3 is 0 Å². The van der Waals surface area contributed by atoms with Crippen molar-refractivity contribution in [1.82, 2.24) is 14.9 Å². The monoisotopic (exact) mass is 301 g/mol. The van der Waals surface area contributed by atoms with Crippen LogP contribution in [0.15, 0.2) is 54.7 Å². The molecule has 0 aliphatic carbocycles. The molecule has 0 fully saturated rings. The number of aromatic nitrogens is 2. The van der Waals surface area contributed by atoms with Crippen molar-refractivity contribution in [2.45, 2.75) is 12.5 Å². The van der Waals surface area contributed by atoms with Crippen LogP contribution >= 0.6 is 0 Å². The number of rotatable bonds is 1. The molecular weight excluding hydrogens is 282 g/mol. The van der Waals surface area contributed by atoms with Crippen LogP contribution in [0.2, 0.25) is 0 Å². The van der Waals surface area contributed by atoms with E-state index in [4.69, 9.17) is 0 Å². The van der Waals surface area contributed by atoms with E-state index in [0.717, 1.165) is 13.0 Å². The van der Waals surface area contributed by atoms with Crippen LogP contribution in [0.1, 0.15) is 22.9 Å². The van der Waals surface area contributed by atoms with Gasteiger partial charge in [0.25, 0.3) is 0 Å². The molecule has 2 aromatic heterocycles. The van der Waals surface area contributed by atoms with Gasteiger partial charge < -0.3 is 9.97 Å². The van der Waals surface area contributed by atoms with Crippen molar-refractivity contribution >= 4 is 21.8 Å². The predicted octanol–water partition coefficient (Wildman–Crippen LogP) is 4.23. The van der Waals surface area contributed by atoms with Gasteiger partial charge in [0.2, 0.25) is 0 Å². The Hall–Kier alpha value is -2.52. The summed E-state index contributed by atoms with van der Waals surface area (Å²) in [5.41, 5.74) is 6.64. The van der Waals surface area contributed by atoms with E-state index in [2.05, 4.69) is 76.6 Å². The van der Waals surface area contributed by atoms with Crippen molar-refractivity contribution in [3.05, 3.63) is 71.5 Å². The smallest absolute Gasteiger partial charge is 0.0775 e. The Balaban J connectivity index is 1.77. The molecule has 0 spiro atoms. The number of nitrogens with one attached hydrogen (secondary N) is 2. The summed E-state index contributed by atoms with van der Waals surface area (Å²) in [5, 5.41) is 2.69. The lowest BCUT2D eigenvalue weighted by molar-refractivity contribution is 0.263. The van der Waals surface area contributed by atoms with Gasteiger partial charge in [-0.15, -0.1) is 0 Å². The average Bonchev–Trinajstić information content (AvgIpc) is 3.16. The topological polar surface area (TPSA) is 34.8 Å². The molecule has 4 aromatic rings. The van der Waals surface area contributed by atoms with Crippen LogP contribution in [-0.4, -0.2) is 28.5 Å². The molecule has 2 aromatic carbocycles. The van der Waals surface area contributed by atoms with Crippen LogP contribution in [0.3, 0.4) is 0 Å². The third kappa shape index (κ3) is 1.80. The summed E-state index contributed by atoms with van der Waals surface area (Å²) in [4.78, 5) is 9.58. The Morgan fingerprint density at radius 3 is 2.57 bits per heavy atom. The maximum absolute atomic E-state index is 3.69. The Morgan fingerprint density at radius 2 is 1.70 bits per heavy atom. The second kappa shape index (κ2) is 4.74. The molecule has 3 nitrogen and oxygen atoms in total. The van der Waals surface area contributed by atoms with E-state index in [1.54, 1.807) is 0 Å². The summed E-state index contributed by atoms with van der Waals surface area (Å²) in [6.07, 6.45) is 3.28. The van der Waals surface area contributed by atoms with Crippen molar-refractivity contribution in [1.29, 1.82) is 0 Å². The molecule has 0 radical (unpaired) electrons. The number of hydrogen-bond donors (Lipinski definition) is 2. The van der Waals surface area contributed by atoms with E-state index in [1.165, 1.54) is 38.6 Å². The fourth-order valence-electron chi connectivity index (χ4n) is 4.07. The number of benzene rings is 2. The number of para-hydroxylation sites is 2. The number of nitrogens with zero attached hydrogens (tertiary/aromatic N) is 1. The summed E-state index contributed by atoms with van der Waals surface area (Å²) < 4.78 is 0. The summed E-state index contributed by atoms with van der Waals surface area (Å²) in [6.45, 7) is 1.08. The summed E-state index contributed by atoms with van der Waals surface area (Å²) in [6, 6.07) is 17.5. The van der Waals surface area contributed by atoms with E-state index in [9.17, 15) is 0 Å². The van der Waals surface area contributed by atoms with Crippen molar-refractivity contribution in [3.8, 4) is 0 Å². The molecule has 0 saturated heterocycles. The zero-order valence-electron chi connectivity index (χ0n) is 13.1.